The molecule has 0 spiro atoms. The predicted octanol–water partition coefficient (Wildman–Crippen LogP) is 6.11. The number of unbranched alkanes of at least 4 members (excludes halogenated alkanes) is 4. The molecule has 0 aromatic rings. The Kier molecular flexibility index (Phi) is 27.6. The van der Waals surface area contributed by atoms with Gasteiger partial charge in [0.2, 0.25) is 0 Å². The van der Waals surface area contributed by atoms with Crippen LogP contribution in [0.2, 0.25) is 0 Å². The van der Waals surface area contributed by atoms with E-state index in [1.54, 1.807) is 26.2 Å². The Morgan fingerprint density at radius 3 is 2.38 bits per heavy atom. The smallest absolute Gasteiger partial charge is 0.293 e. The molecule has 7 nitrogen and oxygen atoms in total. The quantitative estimate of drug-likeness (QED) is 0.0929. The molecule has 0 amide bonds. The number of hydrogen-bond acceptors (Lipinski definition) is 7. The van der Waals surface area contributed by atoms with Crippen molar-refractivity contribution >= 4 is 13.2 Å². The van der Waals surface area contributed by atoms with Crippen LogP contribution in [-0.2, 0) is 14.3 Å². The molecule has 1 heterocycles. The number of methoxy groups -OCH3 is 1. The first-order valence-electron chi connectivity index (χ1n) is 14.8. The molecule has 0 aliphatic carbocycles. The highest BCUT2D eigenvalue weighted by Gasteiger charge is 2.24. The van der Waals surface area contributed by atoms with Crippen LogP contribution in [0, 0.1) is 5.92 Å². The number of likely N-dealkylation sites (tertiary alicyclic amines) is 1. The molecule has 2 N–H and O–H groups in total. The summed E-state index contributed by atoms with van der Waals surface area (Å²) in [6.45, 7) is 27.2. The molecule has 0 saturated carbocycles. The van der Waals surface area contributed by atoms with Crippen molar-refractivity contribution in [3.8, 4) is 0 Å². The zero-order valence-electron chi connectivity index (χ0n) is 25.9. The zero-order chi connectivity index (χ0) is 29.9. The van der Waals surface area contributed by atoms with Crippen molar-refractivity contribution < 1.29 is 19.4 Å². The van der Waals surface area contributed by atoms with E-state index in [9.17, 15) is 9.90 Å². The number of hydrogen-bond donors (Lipinski definition) is 2. The van der Waals surface area contributed by atoms with Gasteiger partial charge in [0.25, 0.3) is 6.47 Å². The fraction of sp³-hybridized carbons (Fsp3) is 0.688. The lowest BCUT2D eigenvalue weighted by Gasteiger charge is -2.25. The molecule has 3 unspecified atom stereocenters. The van der Waals surface area contributed by atoms with Gasteiger partial charge in [0.15, 0.2) is 0 Å². The minimum atomic E-state index is -0.710. The molecule has 1 rings (SSSR count). The SMILES string of the molecule is C=C/C=C(N=C)\C(=C/COC)C(=C)C(O)CNC1CCN(CCCCCCC)CCC1C.CC.CCOC=O. The van der Waals surface area contributed by atoms with Gasteiger partial charge in [-0.25, -0.2) is 0 Å². The predicted molar refractivity (Wildman–Crippen MR) is 167 cm³/mol. The van der Waals surface area contributed by atoms with E-state index in [1.807, 2.05) is 19.9 Å². The lowest BCUT2D eigenvalue weighted by atomic mass is 9.95. The number of carbonyl (C=O) groups is 1. The molecule has 1 fully saturated rings. The van der Waals surface area contributed by atoms with Crippen LogP contribution in [-0.4, -0.2) is 81.8 Å². The number of nitrogens with zero attached hydrogens (tertiary/aromatic N) is 2. The minimum absolute atomic E-state index is 0.398. The largest absolute Gasteiger partial charge is 0.468 e. The van der Waals surface area contributed by atoms with Gasteiger partial charge in [0, 0.05) is 25.3 Å². The molecule has 0 bridgehead atoms. The summed E-state index contributed by atoms with van der Waals surface area (Å²) in [5.41, 5.74) is 2.00. The summed E-state index contributed by atoms with van der Waals surface area (Å²) in [4.78, 5) is 15.9. The summed E-state index contributed by atoms with van der Waals surface area (Å²) in [6, 6.07) is 0.398. The minimum Gasteiger partial charge on any atom is -0.468 e. The van der Waals surface area contributed by atoms with Crippen LogP contribution >= 0.6 is 0 Å². The Bertz CT molecular complexity index is 706. The van der Waals surface area contributed by atoms with E-state index >= 15 is 0 Å². The number of carbonyl (C=O) groups excluding carboxylic acids is 1. The molecule has 226 valence electrons. The molecule has 0 radical (unpaired) electrons. The summed E-state index contributed by atoms with van der Waals surface area (Å²) in [6.07, 6.45) is 13.6. The highest BCUT2D eigenvalue weighted by Crippen LogP contribution is 2.23. The second kappa shape index (κ2) is 27.5. The molecule has 1 saturated heterocycles. The standard InChI is InChI=1S/C27H47N3O2.C3H6O2.C2H6/c1-7-9-10-11-12-17-30-18-14-22(3)25(15-19-30)29-21-27(31)23(4)24(16-20-32-6)26(28-5)13-8-2;1-2-5-3-4;1-2/h8,13,16,22,25,27,29,31H,2,4-5,7,9-12,14-15,17-21H2,1,3,6H3;3H,2H2,1H3;1-2H3/b24-16-,26-13+;;. The Labute approximate surface area is 240 Å². The van der Waals surface area contributed by atoms with Gasteiger partial charge in [-0.1, -0.05) is 72.6 Å². The second-order valence-electron chi connectivity index (χ2n) is 9.44. The van der Waals surface area contributed by atoms with E-state index in [0.29, 0.717) is 49.5 Å². The fourth-order valence-corrected chi connectivity index (χ4v) is 4.31. The van der Waals surface area contributed by atoms with Crippen LogP contribution in [0.4, 0.5) is 0 Å². The molecule has 0 aromatic carbocycles. The maximum atomic E-state index is 10.9. The summed E-state index contributed by atoms with van der Waals surface area (Å²) >= 11 is 0. The summed E-state index contributed by atoms with van der Waals surface area (Å²) < 4.78 is 9.33. The zero-order valence-corrected chi connectivity index (χ0v) is 25.9. The summed E-state index contributed by atoms with van der Waals surface area (Å²) in [5, 5.41) is 14.5. The van der Waals surface area contributed by atoms with Gasteiger partial charge in [0.1, 0.15) is 0 Å². The van der Waals surface area contributed by atoms with Crippen LogP contribution in [0.1, 0.15) is 79.6 Å². The van der Waals surface area contributed by atoms with E-state index < -0.39 is 6.10 Å². The molecule has 0 aromatic heterocycles. The third kappa shape index (κ3) is 18.8. The van der Waals surface area contributed by atoms with Crippen molar-refractivity contribution in [1.29, 1.82) is 0 Å². The van der Waals surface area contributed by atoms with E-state index in [-0.39, 0.29) is 0 Å². The lowest BCUT2D eigenvalue weighted by Crippen LogP contribution is -2.40. The van der Waals surface area contributed by atoms with Crippen molar-refractivity contribution in [3.05, 3.63) is 48.2 Å². The van der Waals surface area contributed by atoms with Gasteiger partial charge in [0.05, 0.1) is 25.0 Å². The van der Waals surface area contributed by atoms with Crippen molar-refractivity contribution in [3.63, 3.8) is 0 Å². The molecular weight excluding hydrogens is 490 g/mol. The molecule has 39 heavy (non-hydrogen) atoms. The number of nitrogens with one attached hydrogen (secondary N) is 1. The third-order valence-electron chi connectivity index (χ3n) is 6.65. The van der Waals surface area contributed by atoms with E-state index in [2.05, 4.69) is 53.7 Å². The normalized spacial score (nSPS) is 18.8. The van der Waals surface area contributed by atoms with Gasteiger partial charge in [-0.05, 0) is 76.2 Å². The maximum absolute atomic E-state index is 10.9. The average Bonchev–Trinajstić information content (AvgIpc) is 3.13. The first-order chi connectivity index (χ1) is 18.9. The Morgan fingerprint density at radius 1 is 1.18 bits per heavy atom. The number of aliphatic hydroxyl groups is 1. The highest BCUT2D eigenvalue weighted by atomic mass is 16.5. The van der Waals surface area contributed by atoms with Crippen LogP contribution < -0.4 is 5.32 Å². The van der Waals surface area contributed by atoms with Gasteiger partial charge in [-0.2, -0.15) is 0 Å². The Balaban J connectivity index is 0. The first-order valence-corrected chi connectivity index (χ1v) is 14.8. The van der Waals surface area contributed by atoms with Crippen molar-refractivity contribution in [2.45, 2.75) is 91.7 Å². The number of allylic oxidation sites excluding steroid dienone is 3. The monoisotopic (exact) mass is 549 g/mol. The van der Waals surface area contributed by atoms with Crippen molar-refractivity contribution in [2.24, 2.45) is 10.9 Å². The van der Waals surface area contributed by atoms with Crippen molar-refractivity contribution in [2.75, 3.05) is 46.5 Å². The Hall–Kier alpha value is -2.06. The molecule has 7 heteroatoms. The van der Waals surface area contributed by atoms with Gasteiger partial charge in [-0.15, -0.1) is 0 Å². The number of ether oxygens (including phenoxy) is 2. The van der Waals surface area contributed by atoms with E-state index in [1.165, 1.54) is 51.6 Å². The summed E-state index contributed by atoms with van der Waals surface area (Å²) in [5.74, 6) is 0.579. The van der Waals surface area contributed by atoms with Crippen LogP contribution in [0.5, 0.6) is 0 Å². The Morgan fingerprint density at radius 2 is 1.85 bits per heavy atom. The van der Waals surface area contributed by atoms with Gasteiger partial charge >= 0.3 is 0 Å². The molecule has 3 atom stereocenters. The second-order valence-corrected chi connectivity index (χ2v) is 9.44. The van der Waals surface area contributed by atoms with Crippen molar-refractivity contribution in [1.82, 2.24) is 10.2 Å². The topological polar surface area (TPSA) is 83.4 Å². The number of rotatable bonds is 18. The molecule has 1 aliphatic rings. The van der Waals surface area contributed by atoms with Crippen LogP contribution in [0.25, 0.3) is 0 Å². The molecule has 1 aliphatic heterocycles. The molecular formula is C32H59N3O4. The van der Waals surface area contributed by atoms with E-state index in [0.717, 1.165) is 18.5 Å². The van der Waals surface area contributed by atoms with Crippen LogP contribution in [0.15, 0.2) is 53.2 Å². The summed E-state index contributed by atoms with van der Waals surface area (Å²) in [7, 11) is 1.63. The number of aliphatic hydroxyl groups excluding tert-OH is 1. The average molecular weight is 550 g/mol. The van der Waals surface area contributed by atoms with E-state index in [4.69, 9.17) is 4.74 Å². The number of aliphatic imine (C=N–C) groups is 1. The van der Waals surface area contributed by atoms with Gasteiger partial charge < -0.3 is 24.8 Å². The fourth-order valence-electron chi connectivity index (χ4n) is 4.31. The lowest BCUT2D eigenvalue weighted by molar-refractivity contribution is -0.128. The third-order valence-corrected chi connectivity index (χ3v) is 6.65. The van der Waals surface area contributed by atoms with Gasteiger partial charge in [-0.3, -0.25) is 9.79 Å². The first kappa shape index (κ1) is 39.1. The highest BCUT2D eigenvalue weighted by molar-refractivity contribution is 5.50. The maximum Gasteiger partial charge on any atom is 0.293 e. The van der Waals surface area contributed by atoms with Crippen LogP contribution in [0.3, 0.4) is 0 Å².